The van der Waals surface area contributed by atoms with Gasteiger partial charge in [0.15, 0.2) is 11.5 Å². The topological polar surface area (TPSA) is 247 Å². The van der Waals surface area contributed by atoms with Crippen molar-refractivity contribution >= 4 is 5.97 Å². The summed E-state index contributed by atoms with van der Waals surface area (Å²) in [6.07, 6.45) is 0. The smallest absolute Gasteiger partial charge is 0.161 e. The first-order valence-electron chi connectivity index (χ1n) is 33.2. The third kappa shape index (κ3) is 24.7. The minimum absolute atomic E-state index is 0.0588. The molecule has 0 amide bonds. The van der Waals surface area contributed by atoms with Crippen molar-refractivity contribution in [2.75, 3.05) is 220 Å². The van der Waals surface area contributed by atoms with E-state index < -0.39 is 11.4 Å². The average molecular weight is 1350 g/mol. The highest BCUT2D eigenvalue weighted by atomic mass is 16.6. The lowest BCUT2D eigenvalue weighted by molar-refractivity contribution is -0.255. The highest BCUT2D eigenvalue weighted by Gasteiger charge is 2.47. The van der Waals surface area contributed by atoms with Crippen molar-refractivity contribution in [3.63, 3.8) is 0 Å². The molecule has 22 heteroatoms. The lowest BCUT2D eigenvalue weighted by Crippen LogP contribution is -2.29. The molecule has 0 saturated heterocycles. The van der Waals surface area contributed by atoms with Gasteiger partial charge in [-0.25, -0.2) is 0 Å². The molecule has 6 aromatic rings. The van der Waals surface area contributed by atoms with Gasteiger partial charge < -0.3 is 105 Å². The second kappa shape index (κ2) is 45.2. The van der Waals surface area contributed by atoms with E-state index in [-0.39, 0.29) is 90.6 Å². The van der Waals surface area contributed by atoms with E-state index in [4.69, 9.17) is 90.4 Å². The maximum absolute atomic E-state index is 13.0. The van der Waals surface area contributed by atoms with Crippen molar-refractivity contribution in [1.29, 1.82) is 0 Å². The molecule has 0 bridgehead atoms. The van der Waals surface area contributed by atoms with Crippen LogP contribution in [-0.2, 0) is 89.7 Å². The first-order chi connectivity index (χ1) is 47.7. The van der Waals surface area contributed by atoms with Crippen LogP contribution >= 0.6 is 0 Å². The molecule has 7 rings (SSSR count). The van der Waals surface area contributed by atoms with Gasteiger partial charge in [0.05, 0.1) is 203 Å². The summed E-state index contributed by atoms with van der Waals surface area (Å²) in [5, 5.41) is 31.3. The summed E-state index contributed by atoms with van der Waals surface area (Å²) in [7, 11) is 4.88. The van der Waals surface area contributed by atoms with Crippen molar-refractivity contribution in [2.45, 2.75) is 32.5 Å². The first-order valence-corrected chi connectivity index (χ1v) is 33.2. The maximum Gasteiger partial charge on any atom is 0.161 e. The number of ether oxygens (including phenoxy) is 18. The number of aryl methyl sites for hydroxylation is 2. The summed E-state index contributed by atoms with van der Waals surface area (Å²) in [5.74, 6) is -0.213. The van der Waals surface area contributed by atoms with Gasteiger partial charge in [-0.1, -0.05) is 90.0 Å². The number of carboxylic acids is 1. The lowest BCUT2D eigenvalue weighted by atomic mass is 9.66. The van der Waals surface area contributed by atoms with Crippen molar-refractivity contribution < 1.29 is 105 Å². The van der Waals surface area contributed by atoms with Crippen LogP contribution in [-0.4, -0.2) is 236 Å². The van der Waals surface area contributed by atoms with Gasteiger partial charge in [0.1, 0.15) is 25.6 Å². The van der Waals surface area contributed by atoms with Crippen LogP contribution in [0.2, 0.25) is 0 Å². The Hall–Kier alpha value is -6.49. The minimum atomic E-state index is -1.38. The van der Waals surface area contributed by atoms with Gasteiger partial charge >= 0.3 is 0 Å². The SMILES string of the molecule is COCCOCCOCCOc1ccc(C2(c3ccc(COCCOCCOCCO)c(COCCOCCOCCO)c3)c3cc(C)ccc3-c3ccc(-c4ccc(C)cc4-c4ccc(OCCOCCOCCOC)c(C(=O)[O-])c4)cc32)cc1OCCOCCOCCOC. The third-order valence-corrected chi connectivity index (χ3v) is 15.6. The van der Waals surface area contributed by atoms with E-state index >= 15 is 0 Å². The fourth-order valence-corrected chi connectivity index (χ4v) is 11.0. The van der Waals surface area contributed by atoms with Crippen LogP contribution in [0.5, 0.6) is 17.2 Å². The zero-order chi connectivity index (χ0) is 68.6. The zero-order valence-corrected chi connectivity index (χ0v) is 57.1. The van der Waals surface area contributed by atoms with Crippen LogP contribution in [0.4, 0.5) is 0 Å². The quantitative estimate of drug-likeness (QED) is 0.0348. The third-order valence-electron chi connectivity index (χ3n) is 15.6. The predicted molar refractivity (Wildman–Crippen MR) is 362 cm³/mol. The number of aliphatic hydroxyl groups excluding tert-OH is 2. The predicted octanol–water partition coefficient (Wildman–Crippen LogP) is 7.62. The highest BCUT2D eigenvalue weighted by molar-refractivity contribution is 5.95. The molecule has 0 aromatic heterocycles. The van der Waals surface area contributed by atoms with Crippen molar-refractivity contribution in [3.05, 3.63) is 159 Å². The van der Waals surface area contributed by atoms with E-state index in [2.05, 4.69) is 91.9 Å². The van der Waals surface area contributed by atoms with E-state index in [1.165, 1.54) is 0 Å². The molecule has 6 aromatic carbocycles. The van der Waals surface area contributed by atoms with Crippen LogP contribution < -0.4 is 19.3 Å². The largest absolute Gasteiger partial charge is 0.545 e. The summed E-state index contributed by atoms with van der Waals surface area (Å²) < 4.78 is 104. The van der Waals surface area contributed by atoms with E-state index in [0.717, 1.165) is 72.3 Å². The van der Waals surface area contributed by atoms with Crippen LogP contribution in [0.25, 0.3) is 33.4 Å². The molecule has 0 fully saturated rings. The van der Waals surface area contributed by atoms with E-state index in [1.807, 2.05) is 19.1 Å². The number of carbonyl (C=O) groups excluding carboxylic acids is 1. The molecule has 97 heavy (non-hydrogen) atoms. The van der Waals surface area contributed by atoms with Crippen LogP contribution in [0, 0.1) is 13.8 Å². The standard InChI is InChI=1S/C75H100O22/c1-56-6-13-64(67(48-56)58-10-16-71(68(51-58)74(78)79)95-45-42-90-35-32-85-25-22-80-3)59-9-15-66-65-14-7-57(2)49-69(65)75(70(66)52-59,62-11-8-60(54-93-40-38-88-30-28-83-20-18-76)61(50-62)55-94-41-39-89-31-29-84-21-19-77)63-12-17-72(96-46-43-91-36-33-86-26-23-81-4)73(53-63)97-47-44-92-37-34-87-27-24-82-5/h6-17,48-53,76-77H,18-47,54-55H2,1-5H3,(H,78,79)/p-1. The molecule has 22 nitrogen and oxygen atoms in total. The van der Waals surface area contributed by atoms with E-state index in [1.54, 1.807) is 33.5 Å². The number of hydrogen-bond acceptors (Lipinski definition) is 22. The van der Waals surface area contributed by atoms with E-state index in [9.17, 15) is 15.0 Å². The Morgan fingerprint density at radius 1 is 0.340 bits per heavy atom. The minimum Gasteiger partial charge on any atom is -0.545 e. The molecule has 1 atom stereocenters. The normalized spacial score (nSPS) is 13.3. The molecule has 1 aliphatic carbocycles. The Morgan fingerprint density at radius 3 is 1.24 bits per heavy atom. The molecule has 0 heterocycles. The second-order valence-electron chi connectivity index (χ2n) is 22.5. The van der Waals surface area contributed by atoms with Crippen LogP contribution in [0.15, 0.2) is 109 Å². The van der Waals surface area contributed by atoms with Gasteiger partial charge in [-0.3, -0.25) is 0 Å². The fourth-order valence-electron chi connectivity index (χ4n) is 11.0. The average Bonchev–Trinajstić information content (AvgIpc) is 1.55. The number of carbonyl (C=O) groups is 1. The molecular formula is C75H99O22-. The van der Waals surface area contributed by atoms with Gasteiger partial charge in [0.2, 0.25) is 0 Å². The molecule has 0 radical (unpaired) electrons. The van der Waals surface area contributed by atoms with Crippen molar-refractivity contribution in [3.8, 4) is 50.6 Å². The Bertz CT molecular complexity index is 3120. The molecule has 0 saturated carbocycles. The van der Waals surface area contributed by atoms with Gasteiger partial charge in [-0.15, -0.1) is 0 Å². The fraction of sp³-hybridized carbons (Fsp3) is 0.507. The molecular weight excluding hydrogens is 1250 g/mol. The Kier molecular flexibility index (Phi) is 36.3. The number of hydrogen-bond donors (Lipinski definition) is 2. The summed E-state index contributed by atoms with van der Waals surface area (Å²) in [6, 6.07) is 37.1. The van der Waals surface area contributed by atoms with Gasteiger partial charge in [-0.05, 0) is 111 Å². The van der Waals surface area contributed by atoms with Crippen molar-refractivity contribution in [1.82, 2.24) is 0 Å². The van der Waals surface area contributed by atoms with Crippen LogP contribution in [0.1, 0.15) is 54.9 Å². The number of aliphatic hydroxyl groups is 2. The lowest BCUT2D eigenvalue weighted by Gasteiger charge is -2.35. The summed E-state index contributed by atoms with van der Waals surface area (Å²) in [4.78, 5) is 13.0. The molecule has 2 N–H and O–H groups in total. The van der Waals surface area contributed by atoms with Gasteiger partial charge in [0.25, 0.3) is 0 Å². The van der Waals surface area contributed by atoms with Gasteiger partial charge in [-0.2, -0.15) is 0 Å². The highest BCUT2D eigenvalue weighted by Crippen LogP contribution is 2.58. The summed E-state index contributed by atoms with van der Waals surface area (Å²) in [6.45, 7) is 14.0. The summed E-state index contributed by atoms with van der Waals surface area (Å²) in [5.41, 5.74) is 11.7. The Morgan fingerprint density at radius 2 is 0.722 bits per heavy atom. The molecule has 1 aliphatic rings. The number of rotatable bonds is 55. The van der Waals surface area contributed by atoms with Gasteiger partial charge in [0, 0.05) is 26.9 Å². The van der Waals surface area contributed by atoms with E-state index in [0.29, 0.717) is 149 Å². The monoisotopic (exact) mass is 1350 g/mol. The van der Waals surface area contributed by atoms with Crippen molar-refractivity contribution in [2.24, 2.45) is 0 Å². The number of fused-ring (bicyclic) bond motifs is 3. The second-order valence-corrected chi connectivity index (χ2v) is 22.5. The molecule has 0 aliphatic heterocycles. The first kappa shape index (κ1) is 77.9. The summed E-state index contributed by atoms with van der Waals surface area (Å²) >= 11 is 0. The number of benzene rings is 6. The number of carboxylic acid groups (broad SMARTS) is 1. The molecule has 532 valence electrons. The maximum atomic E-state index is 13.0. The van der Waals surface area contributed by atoms with Crippen LogP contribution in [0.3, 0.4) is 0 Å². The zero-order valence-electron chi connectivity index (χ0n) is 57.1. The number of methoxy groups -OCH3 is 3. The molecule has 1 unspecified atom stereocenters. The molecule has 0 spiro atoms. The Labute approximate surface area is 571 Å². The Balaban J connectivity index is 1.34. The number of aromatic carboxylic acids is 1.